The molecule has 0 aromatic heterocycles. The third-order valence-electron chi connectivity index (χ3n) is 2.19. The van der Waals surface area contributed by atoms with Gasteiger partial charge in [-0.15, -0.1) is 0 Å². The van der Waals surface area contributed by atoms with Gasteiger partial charge in [0.15, 0.2) is 0 Å². The lowest BCUT2D eigenvalue weighted by Crippen LogP contribution is -2.61. The van der Waals surface area contributed by atoms with Gasteiger partial charge in [-0.25, -0.2) is 0 Å². The molecule has 8 N–H and O–H groups in total. The number of rotatable bonds is 10. The van der Waals surface area contributed by atoms with Crippen LogP contribution in [0.1, 0.15) is 12.8 Å². The Bertz CT molecular complexity index is 403. The molecule has 132 valence electrons. The van der Waals surface area contributed by atoms with Crippen LogP contribution in [0.3, 0.4) is 0 Å². The third kappa shape index (κ3) is 11.0. The minimum atomic E-state index is -3.08. The monoisotopic (exact) mass is 334 g/mol. The molecular formula is C11H22N6O6. The van der Waals surface area contributed by atoms with Gasteiger partial charge in [0.1, 0.15) is 12.8 Å². The molecule has 12 heteroatoms. The smallest absolute Gasteiger partial charge is 0.337 e. The van der Waals surface area contributed by atoms with Crippen LogP contribution in [0, 0.1) is 0 Å². The van der Waals surface area contributed by atoms with Gasteiger partial charge in [-0.2, -0.15) is 0 Å². The van der Waals surface area contributed by atoms with Crippen LogP contribution in [-0.2, 0) is 19.2 Å². The predicted molar refractivity (Wildman–Crippen MR) is 76.8 cm³/mol. The quantitative estimate of drug-likeness (QED) is 0.145. The molecule has 23 heavy (non-hydrogen) atoms. The maximum absolute atomic E-state index is 11.4. The minimum Gasteiger partial charge on any atom is -0.343 e. The van der Waals surface area contributed by atoms with Gasteiger partial charge in [0.2, 0.25) is 23.6 Å². The molecule has 0 fully saturated rings. The second-order valence-electron chi connectivity index (χ2n) is 4.38. The molecule has 0 rings (SSSR count). The molecular weight excluding hydrogens is 312 g/mol. The van der Waals surface area contributed by atoms with Crippen molar-refractivity contribution < 1.29 is 29.4 Å². The van der Waals surface area contributed by atoms with Crippen LogP contribution in [0.15, 0.2) is 0 Å². The number of carbonyl (C=O) groups is 4. The fourth-order valence-corrected chi connectivity index (χ4v) is 1.30. The van der Waals surface area contributed by atoms with Crippen molar-refractivity contribution in [3.63, 3.8) is 0 Å². The molecule has 0 aromatic carbocycles. The topological polar surface area (TPSA) is 181 Å². The van der Waals surface area contributed by atoms with E-state index in [1.54, 1.807) is 24.7 Å². The van der Waals surface area contributed by atoms with Gasteiger partial charge < -0.3 is 31.5 Å². The van der Waals surface area contributed by atoms with E-state index in [9.17, 15) is 29.4 Å². The van der Waals surface area contributed by atoms with Crippen LogP contribution in [0.25, 0.3) is 0 Å². The number of hydrogen-bond donors (Lipinski definition) is 8. The maximum Gasteiger partial charge on any atom is 0.337 e. The summed E-state index contributed by atoms with van der Waals surface area (Å²) in [6.45, 7) is 0.266. The van der Waals surface area contributed by atoms with Gasteiger partial charge >= 0.3 is 6.03 Å². The number of aliphatic hydroxyl groups is 2. The first-order chi connectivity index (χ1) is 10.7. The van der Waals surface area contributed by atoms with Crippen molar-refractivity contribution in [3.8, 4) is 0 Å². The molecule has 0 aliphatic carbocycles. The Kier molecular flexibility index (Phi) is 9.41. The highest BCUT2D eigenvalue weighted by Crippen LogP contribution is 1.93. The van der Waals surface area contributed by atoms with E-state index in [-0.39, 0.29) is 13.3 Å². The van der Waals surface area contributed by atoms with Crippen molar-refractivity contribution in [2.45, 2.75) is 18.9 Å². The summed E-state index contributed by atoms with van der Waals surface area (Å²) in [7, 11) is 3.16. The molecule has 0 bridgehead atoms. The highest BCUT2D eigenvalue weighted by Gasteiger charge is 2.29. The molecule has 0 aliphatic rings. The molecule has 0 heterocycles. The highest BCUT2D eigenvalue weighted by atomic mass is 16.6. The number of amides is 4. The summed E-state index contributed by atoms with van der Waals surface area (Å²) in [4.78, 5) is 45.3. The Labute approximate surface area is 132 Å². The zero-order valence-corrected chi connectivity index (χ0v) is 12.9. The maximum atomic E-state index is 11.4. The molecule has 0 radical (unpaired) electrons. The molecule has 0 spiro atoms. The van der Waals surface area contributed by atoms with E-state index in [2.05, 4.69) is 21.3 Å². The lowest BCUT2D eigenvalue weighted by atomic mass is 10.3. The average molecular weight is 334 g/mol. The van der Waals surface area contributed by atoms with Crippen LogP contribution in [0.4, 0.5) is 0 Å². The van der Waals surface area contributed by atoms with Crippen molar-refractivity contribution in [1.82, 2.24) is 31.9 Å². The predicted octanol–water partition coefficient (Wildman–Crippen LogP) is -4.82. The zero-order chi connectivity index (χ0) is 17.9. The van der Waals surface area contributed by atoms with Crippen LogP contribution in [0.2, 0.25) is 0 Å². The van der Waals surface area contributed by atoms with E-state index < -0.39 is 42.5 Å². The van der Waals surface area contributed by atoms with E-state index in [0.29, 0.717) is 0 Å². The Morgan fingerprint density at radius 1 is 0.739 bits per heavy atom. The van der Waals surface area contributed by atoms with E-state index in [4.69, 9.17) is 0 Å². The fraction of sp³-hybridized carbons (Fsp3) is 0.636. The normalized spacial score (nSPS) is 10.6. The largest absolute Gasteiger partial charge is 0.343 e. The highest BCUT2D eigenvalue weighted by molar-refractivity contribution is 5.98. The number of carbonyl (C=O) groups excluding carboxylic acids is 4. The molecule has 0 unspecified atom stereocenters. The molecule has 12 nitrogen and oxygen atoms in total. The van der Waals surface area contributed by atoms with Gasteiger partial charge in [-0.05, 0) is 14.1 Å². The van der Waals surface area contributed by atoms with Gasteiger partial charge in [-0.1, -0.05) is 0 Å². The van der Waals surface area contributed by atoms with E-state index in [0.717, 1.165) is 0 Å². The van der Waals surface area contributed by atoms with Gasteiger partial charge in [0.05, 0.1) is 13.3 Å². The van der Waals surface area contributed by atoms with E-state index >= 15 is 0 Å². The third-order valence-corrected chi connectivity index (χ3v) is 2.19. The summed E-state index contributed by atoms with van der Waals surface area (Å²) >= 11 is 0. The summed E-state index contributed by atoms with van der Waals surface area (Å²) in [6, 6.07) is -3.08. The van der Waals surface area contributed by atoms with Crippen molar-refractivity contribution in [2.75, 3.05) is 27.4 Å². The first-order valence-corrected chi connectivity index (χ1v) is 6.59. The zero-order valence-electron chi connectivity index (χ0n) is 12.9. The molecule has 0 saturated heterocycles. The summed E-state index contributed by atoms with van der Waals surface area (Å²) < 4.78 is 0. The summed E-state index contributed by atoms with van der Waals surface area (Å²) in [5, 5.41) is 32.0. The molecule has 0 atom stereocenters. The Balaban J connectivity index is 4.25. The Morgan fingerprint density at radius 2 is 1.09 bits per heavy atom. The second-order valence-corrected chi connectivity index (χ2v) is 4.38. The second kappa shape index (κ2) is 10.4. The summed E-state index contributed by atoms with van der Waals surface area (Å²) in [5.74, 6) is -3.40. The number of nitrogens with one attached hydrogen (secondary N) is 6. The lowest BCUT2D eigenvalue weighted by molar-refractivity contribution is -0.209. The first-order valence-electron chi connectivity index (χ1n) is 6.59. The fourth-order valence-electron chi connectivity index (χ4n) is 1.30. The van der Waals surface area contributed by atoms with E-state index in [1.807, 2.05) is 0 Å². The van der Waals surface area contributed by atoms with Crippen LogP contribution in [-0.4, -0.2) is 67.3 Å². The Morgan fingerprint density at radius 3 is 1.39 bits per heavy atom. The summed E-state index contributed by atoms with van der Waals surface area (Å²) in [6.07, 6.45) is -1.36. The molecule has 4 amide bonds. The van der Waals surface area contributed by atoms with Gasteiger partial charge in [0.25, 0.3) is 0 Å². The van der Waals surface area contributed by atoms with Crippen molar-refractivity contribution in [3.05, 3.63) is 0 Å². The summed E-state index contributed by atoms with van der Waals surface area (Å²) in [5.41, 5.74) is 0. The molecule has 0 aliphatic heterocycles. The van der Waals surface area contributed by atoms with Crippen LogP contribution < -0.4 is 31.9 Å². The van der Waals surface area contributed by atoms with Crippen molar-refractivity contribution >= 4 is 23.6 Å². The van der Waals surface area contributed by atoms with Crippen molar-refractivity contribution in [2.24, 2.45) is 0 Å². The van der Waals surface area contributed by atoms with E-state index in [1.165, 1.54) is 0 Å². The van der Waals surface area contributed by atoms with Crippen molar-refractivity contribution in [1.29, 1.82) is 0 Å². The standard InChI is InChI=1S/C11H22N6O6/c1-12-5-14-7(18)3-9(20)16-11(22,23)17-10(21)4-8(19)15-6-13-2/h12-13,22-23H,3-6H2,1-2H3,(H,14,18)(H,15,19)(H,16,20)(H,17,21). The molecule has 0 saturated carbocycles. The minimum absolute atomic E-state index is 0.133. The van der Waals surface area contributed by atoms with Gasteiger partial charge in [0, 0.05) is 0 Å². The average Bonchev–Trinajstić information content (AvgIpc) is 2.40. The first kappa shape index (κ1) is 20.7. The SMILES string of the molecule is CNCNC(=O)CC(=O)NC(O)(O)NC(=O)CC(=O)NCNC. The lowest BCUT2D eigenvalue weighted by Gasteiger charge is -2.23. The Hall–Kier alpha value is -2.28. The number of hydrogen-bond acceptors (Lipinski definition) is 8. The van der Waals surface area contributed by atoms with Crippen LogP contribution >= 0.6 is 0 Å². The van der Waals surface area contributed by atoms with Crippen LogP contribution in [0.5, 0.6) is 0 Å². The van der Waals surface area contributed by atoms with Gasteiger partial charge in [-0.3, -0.25) is 29.8 Å². The molecule has 0 aromatic rings.